The molecule has 1 aromatic carbocycles. The van der Waals surface area contributed by atoms with Crippen LogP contribution in [0, 0.1) is 5.82 Å². The number of nitrogens with one attached hydrogen (secondary N) is 1. The van der Waals surface area contributed by atoms with Crippen LogP contribution in [0.3, 0.4) is 0 Å². The number of hydrogen-bond acceptors (Lipinski definition) is 5. The van der Waals surface area contributed by atoms with Crippen LogP contribution in [0.1, 0.15) is 18.4 Å². The third kappa shape index (κ3) is 4.72. The first-order valence-electron chi connectivity index (χ1n) is 8.39. The van der Waals surface area contributed by atoms with E-state index < -0.39 is 6.10 Å². The van der Waals surface area contributed by atoms with Gasteiger partial charge in [0.25, 0.3) is 0 Å². The van der Waals surface area contributed by atoms with Gasteiger partial charge in [-0.1, -0.05) is 12.1 Å². The van der Waals surface area contributed by atoms with Crippen molar-refractivity contribution in [1.29, 1.82) is 0 Å². The Balaban J connectivity index is 1.40. The zero-order valence-electron chi connectivity index (χ0n) is 13.6. The molecule has 1 atom stereocenters. The molecule has 5 nitrogen and oxygen atoms in total. The third-order valence-electron chi connectivity index (χ3n) is 4.38. The first-order chi connectivity index (χ1) is 11.7. The Morgan fingerprint density at radius 3 is 2.79 bits per heavy atom. The topological polar surface area (TPSA) is 61.3 Å². The van der Waals surface area contributed by atoms with Crippen molar-refractivity contribution in [2.24, 2.45) is 0 Å². The van der Waals surface area contributed by atoms with Crippen LogP contribution in [0.4, 0.5) is 10.2 Å². The average molecular weight is 330 g/mol. The van der Waals surface area contributed by atoms with E-state index in [4.69, 9.17) is 0 Å². The van der Waals surface area contributed by atoms with Crippen molar-refractivity contribution >= 4 is 5.82 Å². The van der Waals surface area contributed by atoms with Crippen molar-refractivity contribution in [3.05, 3.63) is 54.0 Å². The molecular weight excluding hydrogens is 307 g/mol. The van der Waals surface area contributed by atoms with Gasteiger partial charge in [-0.05, 0) is 49.1 Å². The molecule has 3 rings (SSSR count). The maximum Gasteiger partial charge on any atom is 0.151 e. The molecule has 1 aliphatic rings. The number of anilines is 1. The van der Waals surface area contributed by atoms with Crippen LogP contribution in [0.15, 0.2) is 42.6 Å². The van der Waals surface area contributed by atoms with Gasteiger partial charge in [-0.25, -0.2) is 4.39 Å². The number of piperidine rings is 1. The average Bonchev–Trinajstić information content (AvgIpc) is 2.61. The molecule has 1 fully saturated rings. The van der Waals surface area contributed by atoms with Crippen molar-refractivity contribution in [3.63, 3.8) is 0 Å². The van der Waals surface area contributed by atoms with Crippen molar-refractivity contribution in [1.82, 2.24) is 15.5 Å². The second kappa shape index (κ2) is 8.17. The summed E-state index contributed by atoms with van der Waals surface area (Å²) in [7, 11) is 0. The molecular formula is C18H23FN4O. The highest BCUT2D eigenvalue weighted by Gasteiger charge is 2.20. The Bertz CT molecular complexity index is 632. The highest BCUT2D eigenvalue weighted by molar-refractivity contribution is 5.36. The fourth-order valence-corrected chi connectivity index (χ4v) is 3.09. The molecule has 0 radical (unpaired) electrons. The third-order valence-corrected chi connectivity index (χ3v) is 4.38. The van der Waals surface area contributed by atoms with Gasteiger partial charge in [0.15, 0.2) is 5.82 Å². The summed E-state index contributed by atoms with van der Waals surface area (Å²) in [6.07, 6.45) is 3.64. The lowest BCUT2D eigenvalue weighted by Crippen LogP contribution is -2.45. The van der Waals surface area contributed by atoms with Gasteiger partial charge in [-0.2, -0.15) is 5.10 Å². The number of nitrogens with zero attached hydrogens (tertiary/aromatic N) is 3. The lowest BCUT2D eigenvalue weighted by molar-refractivity contribution is 0.164. The van der Waals surface area contributed by atoms with E-state index >= 15 is 0 Å². The Hall–Kier alpha value is -2.05. The zero-order valence-corrected chi connectivity index (χ0v) is 13.6. The van der Waals surface area contributed by atoms with Gasteiger partial charge in [0.1, 0.15) is 5.82 Å². The van der Waals surface area contributed by atoms with E-state index in [0.29, 0.717) is 19.0 Å². The van der Waals surface area contributed by atoms with Gasteiger partial charge >= 0.3 is 0 Å². The molecule has 2 heterocycles. The summed E-state index contributed by atoms with van der Waals surface area (Å²) in [4.78, 5) is 2.23. The van der Waals surface area contributed by atoms with Crippen LogP contribution in [-0.2, 0) is 6.42 Å². The van der Waals surface area contributed by atoms with E-state index in [0.717, 1.165) is 37.3 Å². The summed E-state index contributed by atoms with van der Waals surface area (Å²) in [5.41, 5.74) is 0.821. The molecule has 2 aromatic rings. The quantitative estimate of drug-likeness (QED) is 0.845. The van der Waals surface area contributed by atoms with E-state index in [1.807, 2.05) is 18.2 Å². The molecule has 1 unspecified atom stereocenters. The predicted octanol–water partition coefficient (Wildman–Crippen LogP) is 1.78. The molecule has 2 N–H and O–H groups in total. The molecule has 1 aromatic heterocycles. The molecule has 1 saturated heterocycles. The lowest BCUT2D eigenvalue weighted by Gasteiger charge is -2.33. The van der Waals surface area contributed by atoms with E-state index in [1.54, 1.807) is 12.3 Å². The van der Waals surface area contributed by atoms with Gasteiger partial charge in [0.05, 0.1) is 6.10 Å². The minimum Gasteiger partial charge on any atom is -0.391 e. The fourth-order valence-electron chi connectivity index (χ4n) is 3.09. The van der Waals surface area contributed by atoms with E-state index in [2.05, 4.69) is 20.4 Å². The van der Waals surface area contributed by atoms with Crippen molar-refractivity contribution in [2.75, 3.05) is 24.5 Å². The molecule has 24 heavy (non-hydrogen) atoms. The monoisotopic (exact) mass is 330 g/mol. The maximum absolute atomic E-state index is 13.2. The molecule has 128 valence electrons. The van der Waals surface area contributed by atoms with Crippen molar-refractivity contribution in [2.45, 2.75) is 31.4 Å². The zero-order chi connectivity index (χ0) is 16.8. The standard InChI is InChI=1S/C18H23FN4O/c19-15-4-1-3-14(11-15)12-17(24)13-20-16-6-9-23(10-7-16)18-5-2-8-21-22-18/h1-5,8,11,16-17,20,24H,6-7,9-10,12-13H2. The van der Waals surface area contributed by atoms with E-state index in [-0.39, 0.29) is 5.82 Å². The molecule has 0 amide bonds. The minimum atomic E-state index is -0.509. The van der Waals surface area contributed by atoms with Crippen LogP contribution in [0.5, 0.6) is 0 Å². The molecule has 0 spiro atoms. The molecule has 0 saturated carbocycles. The number of aliphatic hydroxyl groups is 1. The summed E-state index contributed by atoms with van der Waals surface area (Å²) in [6.45, 7) is 2.37. The van der Waals surface area contributed by atoms with Gasteiger partial charge in [0.2, 0.25) is 0 Å². The van der Waals surface area contributed by atoms with Gasteiger partial charge in [-0.15, -0.1) is 5.10 Å². The number of halogens is 1. The SMILES string of the molecule is OC(CNC1CCN(c2cccnn2)CC1)Cc1cccc(F)c1. The van der Waals surface area contributed by atoms with Gasteiger partial charge in [0, 0.05) is 31.9 Å². The molecule has 1 aliphatic heterocycles. The smallest absolute Gasteiger partial charge is 0.151 e. The first kappa shape index (κ1) is 16.8. The summed E-state index contributed by atoms with van der Waals surface area (Å²) >= 11 is 0. The van der Waals surface area contributed by atoms with E-state index in [1.165, 1.54) is 12.1 Å². The lowest BCUT2D eigenvalue weighted by atomic mass is 10.0. The summed E-state index contributed by atoms with van der Waals surface area (Å²) in [5.74, 6) is 0.658. The Morgan fingerprint density at radius 1 is 1.25 bits per heavy atom. The Morgan fingerprint density at radius 2 is 2.08 bits per heavy atom. The summed E-state index contributed by atoms with van der Waals surface area (Å²) in [5, 5.41) is 21.6. The highest BCUT2D eigenvalue weighted by atomic mass is 19.1. The Kier molecular flexibility index (Phi) is 5.72. The van der Waals surface area contributed by atoms with Crippen LogP contribution in [0.2, 0.25) is 0 Å². The van der Waals surface area contributed by atoms with Crippen LogP contribution in [-0.4, -0.2) is 47.1 Å². The van der Waals surface area contributed by atoms with Crippen molar-refractivity contribution in [3.8, 4) is 0 Å². The summed E-state index contributed by atoms with van der Waals surface area (Å²) < 4.78 is 13.2. The number of aliphatic hydroxyl groups excluding tert-OH is 1. The first-order valence-corrected chi connectivity index (χ1v) is 8.39. The van der Waals surface area contributed by atoms with Crippen molar-refractivity contribution < 1.29 is 9.50 Å². The molecule has 0 bridgehead atoms. The largest absolute Gasteiger partial charge is 0.391 e. The second-order valence-corrected chi connectivity index (χ2v) is 6.24. The molecule has 6 heteroatoms. The minimum absolute atomic E-state index is 0.260. The Labute approximate surface area is 141 Å². The number of hydrogen-bond donors (Lipinski definition) is 2. The van der Waals surface area contributed by atoms with Crippen LogP contribution >= 0.6 is 0 Å². The predicted molar refractivity (Wildman–Crippen MR) is 91.4 cm³/mol. The summed E-state index contributed by atoms with van der Waals surface area (Å²) in [6, 6.07) is 10.7. The van der Waals surface area contributed by atoms with E-state index in [9.17, 15) is 9.50 Å². The second-order valence-electron chi connectivity index (χ2n) is 6.24. The number of benzene rings is 1. The van der Waals surface area contributed by atoms with Gasteiger partial charge in [-0.3, -0.25) is 0 Å². The maximum atomic E-state index is 13.2. The number of aromatic nitrogens is 2. The van der Waals surface area contributed by atoms with Crippen LogP contribution < -0.4 is 10.2 Å². The normalized spacial score (nSPS) is 17.0. The molecule has 0 aliphatic carbocycles. The van der Waals surface area contributed by atoms with Gasteiger partial charge < -0.3 is 15.3 Å². The highest BCUT2D eigenvalue weighted by Crippen LogP contribution is 2.16. The number of rotatable bonds is 6. The van der Waals surface area contributed by atoms with Crippen LogP contribution in [0.25, 0.3) is 0 Å². The fraction of sp³-hybridized carbons (Fsp3) is 0.444.